The molecule has 0 aliphatic rings. The van der Waals surface area contributed by atoms with Crippen LogP contribution in [0, 0.1) is 0 Å². The minimum absolute atomic E-state index is 0.278. The van der Waals surface area contributed by atoms with Gasteiger partial charge in [0.1, 0.15) is 11.5 Å². The lowest BCUT2D eigenvalue weighted by atomic mass is 10.1. The standard InChI is InChI=1S/C22H21ClN2O5/c1-27-20-8-4-14(10-21(20)28-2)12-24-25-13-16-6-9-19(30-16)15-5-7-18(23)17(11-15)22(26)29-3/h4-11,13,24H,12H2,1-3H3/b25-13-. The Morgan fingerprint density at radius 3 is 2.60 bits per heavy atom. The molecule has 30 heavy (non-hydrogen) atoms. The van der Waals surface area contributed by atoms with Crippen LogP contribution in [-0.4, -0.2) is 33.5 Å². The highest BCUT2D eigenvalue weighted by Crippen LogP contribution is 2.28. The van der Waals surface area contributed by atoms with Crippen LogP contribution < -0.4 is 14.9 Å². The zero-order valence-corrected chi connectivity index (χ0v) is 17.5. The second-order valence-corrected chi connectivity index (χ2v) is 6.58. The van der Waals surface area contributed by atoms with Gasteiger partial charge in [0.25, 0.3) is 0 Å². The largest absolute Gasteiger partial charge is 0.493 e. The van der Waals surface area contributed by atoms with Crippen LogP contribution in [0.2, 0.25) is 5.02 Å². The van der Waals surface area contributed by atoms with E-state index in [2.05, 4.69) is 10.5 Å². The highest BCUT2D eigenvalue weighted by Gasteiger charge is 2.13. The van der Waals surface area contributed by atoms with Gasteiger partial charge >= 0.3 is 5.97 Å². The average molecular weight is 429 g/mol. The summed E-state index contributed by atoms with van der Waals surface area (Å²) in [6, 6.07) is 14.2. The molecule has 0 aliphatic heterocycles. The van der Waals surface area contributed by atoms with Crippen molar-refractivity contribution < 1.29 is 23.4 Å². The number of nitrogens with zero attached hydrogens (tertiary/aromatic N) is 1. The monoisotopic (exact) mass is 428 g/mol. The topological polar surface area (TPSA) is 82.3 Å². The summed E-state index contributed by atoms with van der Waals surface area (Å²) in [6.45, 7) is 0.504. The van der Waals surface area contributed by atoms with Crippen molar-refractivity contribution in [3.63, 3.8) is 0 Å². The lowest BCUT2D eigenvalue weighted by molar-refractivity contribution is 0.0601. The normalized spacial score (nSPS) is 10.8. The van der Waals surface area contributed by atoms with Gasteiger partial charge in [-0.25, -0.2) is 4.79 Å². The molecule has 3 aromatic rings. The Bertz CT molecular complexity index is 1060. The van der Waals surface area contributed by atoms with E-state index in [1.54, 1.807) is 50.8 Å². The molecule has 7 nitrogen and oxygen atoms in total. The summed E-state index contributed by atoms with van der Waals surface area (Å²) < 4.78 is 21.0. The Kier molecular flexibility index (Phi) is 6.98. The number of carbonyl (C=O) groups excluding carboxylic acids is 1. The van der Waals surface area contributed by atoms with Crippen LogP contribution in [0.3, 0.4) is 0 Å². The minimum atomic E-state index is -0.505. The molecule has 0 unspecified atom stereocenters. The van der Waals surface area contributed by atoms with E-state index in [-0.39, 0.29) is 5.56 Å². The molecule has 0 saturated heterocycles. The first-order valence-electron chi connectivity index (χ1n) is 9.00. The number of carbonyl (C=O) groups is 1. The lowest BCUT2D eigenvalue weighted by Crippen LogP contribution is -2.05. The molecule has 0 aliphatic carbocycles. The molecule has 0 amide bonds. The fourth-order valence-electron chi connectivity index (χ4n) is 2.76. The Hall–Kier alpha value is -3.45. The predicted octanol–water partition coefficient (Wildman–Crippen LogP) is 4.53. The average Bonchev–Trinajstić information content (AvgIpc) is 3.25. The van der Waals surface area contributed by atoms with E-state index in [0.717, 1.165) is 5.56 Å². The molecular weight excluding hydrogens is 408 g/mol. The van der Waals surface area contributed by atoms with Crippen LogP contribution in [0.25, 0.3) is 11.3 Å². The fraction of sp³-hybridized carbons (Fsp3) is 0.182. The van der Waals surface area contributed by atoms with E-state index < -0.39 is 5.97 Å². The van der Waals surface area contributed by atoms with Crippen molar-refractivity contribution in [1.29, 1.82) is 0 Å². The van der Waals surface area contributed by atoms with Gasteiger partial charge in [0.2, 0.25) is 0 Å². The molecule has 8 heteroatoms. The molecule has 0 saturated carbocycles. The third-order valence-corrected chi connectivity index (χ3v) is 4.63. The maximum absolute atomic E-state index is 11.8. The van der Waals surface area contributed by atoms with Gasteiger partial charge in [-0.1, -0.05) is 17.7 Å². The van der Waals surface area contributed by atoms with E-state index in [0.29, 0.717) is 40.2 Å². The molecular formula is C22H21ClN2O5. The predicted molar refractivity (Wildman–Crippen MR) is 114 cm³/mol. The highest BCUT2D eigenvalue weighted by molar-refractivity contribution is 6.33. The number of esters is 1. The summed E-state index contributed by atoms with van der Waals surface area (Å²) in [5.74, 6) is 1.96. The number of halogens is 1. The lowest BCUT2D eigenvalue weighted by Gasteiger charge is -2.09. The molecule has 0 fully saturated rings. The molecule has 1 N–H and O–H groups in total. The van der Waals surface area contributed by atoms with Crippen molar-refractivity contribution >= 4 is 23.8 Å². The molecule has 3 rings (SSSR count). The zero-order valence-electron chi connectivity index (χ0n) is 16.8. The Morgan fingerprint density at radius 2 is 1.87 bits per heavy atom. The van der Waals surface area contributed by atoms with E-state index in [4.69, 9.17) is 30.2 Å². The van der Waals surface area contributed by atoms with Crippen LogP contribution >= 0.6 is 11.6 Å². The highest BCUT2D eigenvalue weighted by atomic mass is 35.5. The number of methoxy groups -OCH3 is 3. The molecule has 0 bridgehead atoms. The molecule has 0 radical (unpaired) electrons. The van der Waals surface area contributed by atoms with Crippen molar-refractivity contribution in [2.75, 3.05) is 21.3 Å². The van der Waals surface area contributed by atoms with Gasteiger partial charge in [-0.2, -0.15) is 5.10 Å². The van der Waals surface area contributed by atoms with Crippen molar-refractivity contribution in [2.45, 2.75) is 6.54 Å². The number of hydrogen-bond acceptors (Lipinski definition) is 7. The maximum Gasteiger partial charge on any atom is 0.339 e. The number of benzene rings is 2. The van der Waals surface area contributed by atoms with Gasteiger partial charge in [-0.05, 0) is 48.0 Å². The summed E-state index contributed by atoms with van der Waals surface area (Å²) in [5.41, 5.74) is 4.93. The first-order chi connectivity index (χ1) is 14.5. The van der Waals surface area contributed by atoms with E-state index in [1.807, 2.05) is 18.2 Å². The Morgan fingerprint density at radius 1 is 1.07 bits per heavy atom. The van der Waals surface area contributed by atoms with Gasteiger partial charge in [-0.15, -0.1) is 0 Å². The van der Waals surface area contributed by atoms with Crippen molar-refractivity contribution in [1.82, 2.24) is 5.43 Å². The summed E-state index contributed by atoms with van der Waals surface area (Å²) in [6.07, 6.45) is 1.57. The Labute approximate surface area is 179 Å². The zero-order chi connectivity index (χ0) is 21.5. The van der Waals surface area contributed by atoms with Gasteiger partial charge in [0.15, 0.2) is 11.5 Å². The SMILES string of the molecule is COC(=O)c1cc(-c2ccc(/C=N\NCc3ccc(OC)c(OC)c3)o2)ccc1Cl. The number of ether oxygens (including phenoxy) is 3. The number of nitrogens with one attached hydrogen (secondary N) is 1. The minimum Gasteiger partial charge on any atom is -0.493 e. The van der Waals surface area contributed by atoms with E-state index in [1.165, 1.54) is 7.11 Å². The number of rotatable bonds is 8. The van der Waals surface area contributed by atoms with Crippen LogP contribution in [0.5, 0.6) is 11.5 Å². The fourth-order valence-corrected chi connectivity index (χ4v) is 2.95. The number of hydrazone groups is 1. The van der Waals surface area contributed by atoms with Crippen LogP contribution in [0.1, 0.15) is 21.7 Å². The van der Waals surface area contributed by atoms with Gasteiger partial charge < -0.3 is 24.1 Å². The molecule has 1 aromatic heterocycles. The molecule has 2 aromatic carbocycles. The van der Waals surface area contributed by atoms with Gasteiger partial charge in [0.05, 0.1) is 44.7 Å². The van der Waals surface area contributed by atoms with E-state index in [9.17, 15) is 4.79 Å². The van der Waals surface area contributed by atoms with Crippen LogP contribution in [-0.2, 0) is 11.3 Å². The quantitative estimate of drug-likeness (QED) is 0.322. The smallest absolute Gasteiger partial charge is 0.339 e. The summed E-state index contributed by atoms with van der Waals surface area (Å²) in [4.78, 5) is 11.8. The summed E-state index contributed by atoms with van der Waals surface area (Å²) in [5, 5.41) is 4.50. The van der Waals surface area contributed by atoms with Crippen molar-refractivity contribution in [3.05, 3.63) is 70.4 Å². The number of hydrogen-bond donors (Lipinski definition) is 1. The third-order valence-electron chi connectivity index (χ3n) is 4.30. The second-order valence-electron chi connectivity index (χ2n) is 6.17. The van der Waals surface area contributed by atoms with Crippen LogP contribution in [0.4, 0.5) is 0 Å². The Balaban J connectivity index is 1.65. The number of furan rings is 1. The van der Waals surface area contributed by atoms with Crippen molar-refractivity contribution in [3.8, 4) is 22.8 Å². The second kappa shape index (κ2) is 9.84. The maximum atomic E-state index is 11.8. The van der Waals surface area contributed by atoms with Crippen molar-refractivity contribution in [2.24, 2.45) is 5.10 Å². The molecule has 156 valence electrons. The first-order valence-corrected chi connectivity index (χ1v) is 9.38. The molecule has 0 atom stereocenters. The van der Waals surface area contributed by atoms with E-state index >= 15 is 0 Å². The molecule has 1 heterocycles. The van der Waals surface area contributed by atoms with Gasteiger partial charge in [-0.3, -0.25) is 0 Å². The van der Waals surface area contributed by atoms with Gasteiger partial charge in [0, 0.05) is 5.56 Å². The summed E-state index contributed by atoms with van der Waals surface area (Å²) in [7, 11) is 4.50. The van der Waals surface area contributed by atoms with Crippen LogP contribution in [0.15, 0.2) is 58.0 Å². The third kappa shape index (κ3) is 4.93. The first kappa shape index (κ1) is 21.3. The summed E-state index contributed by atoms with van der Waals surface area (Å²) >= 11 is 6.06. The molecule has 0 spiro atoms.